The lowest BCUT2D eigenvalue weighted by Crippen LogP contribution is -2.23. The number of aryl methyl sites for hydroxylation is 1. The minimum Gasteiger partial charge on any atom is -0.347 e. The van der Waals surface area contributed by atoms with Crippen LogP contribution < -0.4 is 5.32 Å². The maximum Gasteiger partial charge on any atom is 0.271 e. The van der Waals surface area contributed by atoms with Crippen molar-refractivity contribution in [3.05, 3.63) is 76.9 Å². The van der Waals surface area contributed by atoms with Crippen molar-refractivity contribution in [3.8, 4) is 10.4 Å². The summed E-state index contributed by atoms with van der Waals surface area (Å²) in [5.74, 6) is -0.137. The number of thiazole rings is 1. The largest absolute Gasteiger partial charge is 0.347 e. The van der Waals surface area contributed by atoms with Crippen LogP contribution in [0.3, 0.4) is 0 Å². The van der Waals surface area contributed by atoms with Crippen LogP contribution in [0, 0.1) is 6.92 Å². The second-order valence-corrected chi connectivity index (χ2v) is 5.92. The highest BCUT2D eigenvalue weighted by Gasteiger charge is 2.15. The van der Waals surface area contributed by atoms with E-state index < -0.39 is 0 Å². The number of nitrogens with zero attached hydrogens (tertiary/aromatic N) is 1. The Bertz CT molecular complexity index is 781. The second-order valence-electron chi connectivity index (χ2n) is 5.07. The summed E-state index contributed by atoms with van der Waals surface area (Å²) in [6.07, 6.45) is 0. The Morgan fingerprint density at radius 3 is 2.73 bits per heavy atom. The van der Waals surface area contributed by atoms with E-state index in [0.717, 1.165) is 16.0 Å². The number of rotatable bonds is 4. The van der Waals surface area contributed by atoms with Gasteiger partial charge in [-0.15, -0.1) is 11.3 Å². The monoisotopic (exact) mass is 308 g/mol. The molecule has 22 heavy (non-hydrogen) atoms. The maximum atomic E-state index is 12.4. The second kappa shape index (κ2) is 6.54. The van der Waals surface area contributed by atoms with Gasteiger partial charge in [-0.05, 0) is 18.1 Å². The van der Waals surface area contributed by atoms with E-state index in [1.807, 2.05) is 55.5 Å². The smallest absolute Gasteiger partial charge is 0.271 e. The van der Waals surface area contributed by atoms with Crippen molar-refractivity contribution in [2.24, 2.45) is 0 Å². The summed E-state index contributed by atoms with van der Waals surface area (Å²) in [4.78, 5) is 17.5. The van der Waals surface area contributed by atoms with Crippen molar-refractivity contribution >= 4 is 17.2 Å². The van der Waals surface area contributed by atoms with Crippen LogP contribution in [0.2, 0.25) is 0 Å². The van der Waals surface area contributed by atoms with Crippen LogP contribution in [-0.2, 0) is 6.54 Å². The number of nitrogens with one attached hydrogen (secondary N) is 1. The van der Waals surface area contributed by atoms with Crippen LogP contribution in [0.5, 0.6) is 0 Å². The molecule has 2 aromatic carbocycles. The van der Waals surface area contributed by atoms with Crippen molar-refractivity contribution in [2.45, 2.75) is 13.5 Å². The summed E-state index contributed by atoms with van der Waals surface area (Å²) in [5.41, 5.74) is 5.49. The highest BCUT2D eigenvalue weighted by molar-refractivity contribution is 7.13. The molecule has 4 heteroatoms. The predicted molar refractivity (Wildman–Crippen MR) is 89.9 cm³/mol. The molecule has 1 aromatic heterocycles. The van der Waals surface area contributed by atoms with Crippen molar-refractivity contribution in [2.75, 3.05) is 0 Å². The zero-order chi connectivity index (χ0) is 15.4. The van der Waals surface area contributed by atoms with Crippen LogP contribution in [0.4, 0.5) is 0 Å². The van der Waals surface area contributed by atoms with E-state index in [1.165, 1.54) is 16.9 Å². The molecule has 1 heterocycles. The quantitative estimate of drug-likeness (QED) is 0.790. The molecular formula is C18H16N2OS. The summed E-state index contributed by atoms with van der Waals surface area (Å²) in [6, 6.07) is 18.0. The maximum absolute atomic E-state index is 12.4. The van der Waals surface area contributed by atoms with Gasteiger partial charge in [-0.3, -0.25) is 4.79 Å². The zero-order valence-electron chi connectivity index (χ0n) is 12.2. The molecule has 0 atom stereocenters. The van der Waals surface area contributed by atoms with Crippen LogP contribution in [0.1, 0.15) is 21.6 Å². The molecule has 0 saturated carbocycles. The van der Waals surface area contributed by atoms with Crippen LogP contribution in [-0.4, -0.2) is 10.9 Å². The van der Waals surface area contributed by atoms with Crippen molar-refractivity contribution in [3.63, 3.8) is 0 Å². The molecule has 1 N–H and O–H groups in total. The number of hydrogen-bond acceptors (Lipinski definition) is 3. The van der Waals surface area contributed by atoms with E-state index in [2.05, 4.69) is 16.4 Å². The highest BCUT2D eigenvalue weighted by Crippen LogP contribution is 2.27. The number of carbonyl (C=O) groups is 1. The van der Waals surface area contributed by atoms with E-state index in [9.17, 15) is 4.79 Å². The third kappa shape index (κ3) is 3.23. The third-order valence-electron chi connectivity index (χ3n) is 3.35. The van der Waals surface area contributed by atoms with E-state index in [1.54, 1.807) is 5.51 Å². The Morgan fingerprint density at radius 1 is 1.14 bits per heavy atom. The average molecular weight is 308 g/mol. The normalized spacial score (nSPS) is 10.4. The van der Waals surface area contributed by atoms with E-state index in [4.69, 9.17) is 0 Å². The Balaban J connectivity index is 1.75. The molecule has 0 spiro atoms. The molecule has 0 unspecified atom stereocenters. The summed E-state index contributed by atoms with van der Waals surface area (Å²) in [5, 5.41) is 2.94. The van der Waals surface area contributed by atoms with E-state index in [-0.39, 0.29) is 5.91 Å². The Morgan fingerprint density at radius 2 is 1.95 bits per heavy atom. The Kier molecular flexibility index (Phi) is 4.30. The molecule has 0 bridgehead atoms. The predicted octanol–water partition coefficient (Wildman–Crippen LogP) is 4.05. The number of carbonyl (C=O) groups excluding carboxylic acids is 1. The van der Waals surface area contributed by atoms with E-state index >= 15 is 0 Å². The molecule has 0 fully saturated rings. The summed E-state index contributed by atoms with van der Waals surface area (Å²) in [7, 11) is 0. The first-order valence-corrected chi connectivity index (χ1v) is 7.94. The summed E-state index contributed by atoms with van der Waals surface area (Å²) in [6.45, 7) is 2.55. The lowest BCUT2D eigenvalue weighted by molar-refractivity contribution is 0.0947. The van der Waals surface area contributed by atoms with Gasteiger partial charge in [0.05, 0.1) is 10.4 Å². The van der Waals surface area contributed by atoms with Crippen LogP contribution in [0.25, 0.3) is 10.4 Å². The van der Waals surface area contributed by atoms with Crippen molar-refractivity contribution in [1.29, 1.82) is 0 Å². The summed E-state index contributed by atoms with van der Waals surface area (Å²) >= 11 is 1.48. The molecule has 0 aliphatic rings. The van der Waals surface area contributed by atoms with Crippen molar-refractivity contribution in [1.82, 2.24) is 10.3 Å². The van der Waals surface area contributed by atoms with Gasteiger partial charge in [-0.1, -0.05) is 60.2 Å². The fourth-order valence-corrected chi connectivity index (χ4v) is 3.08. The number of aromatic nitrogens is 1. The highest BCUT2D eigenvalue weighted by atomic mass is 32.1. The molecule has 0 saturated heterocycles. The molecule has 0 aliphatic carbocycles. The Labute approximate surface area is 133 Å². The molecule has 0 aliphatic heterocycles. The van der Waals surface area contributed by atoms with Gasteiger partial charge in [-0.2, -0.15) is 0 Å². The van der Waals surface area contributed by atoms with Gasteiger partial charge in [0, 0.05) is 6.54 Å². The van der Waals surface area contributed by atoms with Crippen LogP contribution >= 0.6 is 11.3 Å². The number of benzene rings is 2. The van der Waals surface area contributed by atoms with Gasteiger partial charge in [0.1, 0.15) is 5.69 Å². The minimum absolute atomic E-state index is 0.137. The van der Waals surface area contributed by atoms with E-state index in [0.29, 0.717) is 12.2 Å². The molecule has 110 valence electrons. The first-order valence-electron chi connectivity index (χ1n) is 7.06. The van der Waals surface area contributed by atoms with Gasteiger partial charge in [0.25, 0.3) is 5.91 Å². The summed E-state index contributed by atoms with van der Waals surface area (Å²) < 4.78 is 0. The lowest BCUT2D eigenvalue weighted by Gasteiger charge is -2.06. The third-order valence-corrected chi connectivity index (χ3v) is 4.23. The van der Waals surface area contributed by atoms with Gasteiger partial charge < -0.3 is 5.32 Å². The average Bonchev–Trinajstić information content (AvgIpc) is 3.03. The Hall–Kier alpha value is -2.46. The standard InChI is InChI=1S/C18H16N2OS/c1-13-6-5-7-14(10-13)11-19-18(21)16-17(22-12-20-16)15-8-3-2-4-9-15/h2-10,12H,11H2,1H3,(H,19,21). The molecular weight excluding hydrogens is 292 g/mol. The molecule has 0 radical (unpaired) electrons. The van der Waals surface area contributed by atoms with Crippen molar-refractivity contribution < 1.29 is 4.79 Å². The fourth-order valence-electron chi connectivity index (χ4n) is 2.29. The first kappa shape index (κ1) is 14.5. The first-order chi connectivity index (χ1) is 10.7. The van der Waals surface area contributed by atoms with Gasteiger partial charge in [-0.25, -0.2) is 4.98 Å². The van der Waals surface area contributed by atoms with Gasteiger partial charge in [0.15, 0.2) is 0 Å². The molecule has 1 amide bonds. The topological polar surface area (TPSA) is 42.0 Å². The van der Waals surface area contributed by atoms with Crippen LogP contribution in [0.15, 0.2) is 60.1 Å². The SMILES string of the molecule is Cc1cccc(CNC(=O)c2ncsc2-c2ccccc2)c1. The minimum atomic E-state index is -0.137. The number of amides is 1. The van der Waals surface area contributed by atoms with Gasteiger partial charge in [0.2, 0.25) is 0 Å². The number of hydrogen-bond donors (Lipinski definition) is 1. The lowest BCUT2D eigenvalue weighted by atomic mass is 10.1. The van der Waals surface area contributed by atoms with Gasteiger partial charge >= 0.3 is 0 Å². The molecule has 3 rings (SSSR count). The fraction of sp³-hybridized carbons (Fsp3) is 0.111. The molecule has 3 nitrogen and oxygen atoms in total. The zero-order valence-corrected chi connectivity index (χ0v) is 13.1. The molecule has 3 aromatic rings.